The minimum atomic E-state index is 0.251. The number of nitrogens with zero attached hydrogens (tertiary/aromatic N) is 1. The van der Waals surface area contributed by atoms with Gasteiger partial charge in [-0.15, -0.1) is 0 Å². The van der Waals surface area contributed by atoms with E-state index in [9.17, 15) is 0 Å². The molecule has 0 fully saturated rings. The first-order valence-corrected chi connectivity index (χ1v) is 5.78. The van der Waals surface area contributed by atoms with Crippen LogP contribution in [0.5, 0.6) is 0 Å². The largest absolute Gasteiger partial charge is 0.370 e. The highest BCUT2D eigenvalue weighted by atomic mass is 15.1. The maximum Gasteiger partial charge on any atom is 0.193 e. The number of para-hydroxylation sites is 1. The number of aliphatic imine (C=N–C) groups is 1. The third-order valence-electron chi connectivity index (χ3n) is 2.86. The molecule has 0 aliphatic heterocycles. The summed E-state index contributed by atoms with van der Waals surface area (Å²) in [5.74, 6) is 1.04. The van der Waals surface area contributed by atoms with Gasteiger partial charge in [-0.2, -0.15) is 0 Å². The van der Waals surface area contributed by atoms with Crippen LogP contribution in [0.2, 0.25) is 0 Å². The Hall–Kier alpha value is -1.51. The van der Waals surface area contributed by atoms with Gasteiger partial charge in [0.05, 0.1) is 6.04 Å². The van der Waals surface area contributed by atoms with Crippen LogP contribution in [0.25, 0.3) is 0 Å². The second-order valence-corrected chi connectivity index (χ2v) is 4.13. The van der Waals surface area contributed by atoms with E-state index in [-0.39, 0.29) is 6.04 Å². The fraction of sp³-hybridized carbons (Fsp3) is 0.462. The van der Waals surface area contributed by atoms with Crippen molar-refractivity contribution in [3.8, 4) is 0 Å². The van der Waals surface area contributed by atoms with Crippen molar-refractivity contribution in [1.82, 2.24) is 0 Å². The number of rotatable bonds is 4. The molecule has 2 unspecified atom stereocenters. The first-order chi connectivity index (χ1) is 7.63. The number of hydrogen-bond donors (Lipinski definition) is 2. The Labute approximate surface area is 97.8 Å². The molecule has 2 atom stereocenters. The zero-order valence-electron chi connectivity index (χ0n) is 10.3. The molecular weight excluding hydrogens is 198 g/mol. The summed E-state index contributed by atoms with van der Waals surface area (Å²) in [6, 6.07) is 10.1. The smallest absolute Gasteiger partial charge is 0.193 e. The second kappa shape index (κ2) is 6.16. The van der Waals surface area contributed by atoms with Crippen molar-refractivity contribution >= 4 is 11.6 Å². The van der Waals surface area contributed by atoms with Crippen molar-refractivity contribution < 1.29 is 0 Å². The zero-order valence-corrected chi connectivity index (χ0v) is 10.3. The summed E-state index contributed by atoms with van der Waals surface area (Å²) in [5.41, 5.74) is 6.81. The number of hydrogen-bond acceptors (Lipinski definition) is 1. The number of nitrogens with one attached hydrogen (secondary N) is 1. The lowest BCUT2D eigenvalue weighted by atomic mass is 10.0. The van der Waals surface area contributed by atoms with Gasteiger partial charge in [0, 0.05) is 5.69 Å². The standard InChI is InChI=1S/C13H21N3/c1-4-10(2)11(3)15-13(14)16-12-8-6-5-7-9-12/h5-11H,4H2,1-3H3,(H3,14,15,16). The first kappa shape index (κ1) is 12.6. The number of benzene rings is 1. The van der Waals surface area contributed by atoms with Gasteiger partial charge in [-0.3, -0.25) is 0 Å². The fourth-order valence-electron chi connectivity index (χ4n) is 1.39. The molecule has 0 saturated carbocycles. The van der Waals surface area contributed by atoms with E-state index in [4.69, 9.17) is 5.73 Å². The molecule has 1 rings (SSSR count). The summed E-state index contributed by atoms with van der Waals surface area (Å²) in [7, 11) is 0. The number of anilines is 1. The molecular formula is C13H21N3. The normalized spacial score (nSPS) is 15.6. The van der Waals surface area contributed by atoms with Gasteiger partial charge in [0.15, 0.2) is 5.96 Å². The molecule has 3 N–H and O–H groups in total. The van der Waals surface area contributed by atoms with Crippen LogP contribution in [0.15, 0.2) is 35.3 Å². The number of guanidine groups is 1. The summed E-state index contributed by atoms with van der Waals surface area (Å²) in [4.78, 5) is 4.43. The molecule has 0 radical (unpaired) electrons. The van der Waals surface area contributed by atoms with E-state index in [1.54, 1.807) is 0 Å². The Bertz CT molecular complexity index is 332. The Morgan fingerprint density at radius 1 is 1.31 bits per heavy atom. The molecule has 3 heteroatoms. The average molecular weight is 219 g/mol. The highest BCUT2D eigenvalue weighted by Gasteiger charge is 2.08. The van der Waals surface area contributed by atoms with Gasteiger partial charge in [0.1, 0.15) is 0 Å². The molecule has 16 heavy (non-hydrogen) atoms. The van der Waals surface area contributed by atoms with Crippen molar-refractivity contribution in [2.75, 3.05) is 5.32 Å². The van der Waals surface area contributed by atoms with E-state index in [0.29, 0.717) is 11.9 Å². The predicted molar refractivity (Wildman–Crippen MR) is 70.6 cm³/mol. The minimum Gasteiger partial charge on any atom is -0.370 e. The topological polar surface area (TPSA) is 50.4 Å². The van der Waals surface area contributed by atoms with Gasteiger partial charge in [-0.1, -0.05) is 38.5 Å². The van der Waals surface area contributed by atoms with E-state index in [0.717, 1.165) is 12.1 Å². The van der Waals surface area contributed by atoms with Crippen molar-refractivity contribution in [1.29, 1.82) is 0 Å². The van der Waals surface area contributed by atoms with Crippen LogP contribution in [-0.4, -0.2) is 12.0 Å². The lowest BCUT2D eigenvalue weighted by Crippen LogP contribution is -2.26. The average Bonchev–Trinajstić information content (AvgIpc) is 2.29. The van der Waals surface area contributed by atoms with Gasteiger partial charge in [-0.25, -0.2) is 4.99 Å². The van der Waals surface area contributed by atoms with E-state index < -0.39 is 0 Å². The highest BCUT2D eigenvalue weighted by Crippen LogP contribution is 2.11. The molecule has 0 aromatic heterocycles. The predicted octanol–water partition coefficient (Wildman–Crippen LogP) is 2.85. The Kier molecular flexibility index (Phi) is 4.83. The summed E-state index contributed by atoms with van der Waals surface area (Å²) in [6.07, 6.45) is 1.11. The second-order valence-electron chi connectivity index (χ2n) is 4.13. The van der Waals surface area contributed by atoms with Crippen LogP contribution in [0.1, 0.15) is 27.2 Å². The Morgan fingerprint density at radius 3 is 2.50 bits per heavy atom. The zero-order chi connectivity index (χ0) is 12.0. The molecule has 0 heterocycles. The van der Waals surface area contributed by atoms with Crippen LogP contribution in [-0.2, 0) is 0 Å². The quantitative estimate of drug-likeness (QED) is 0.604. The van der Waals surface area contributed by atoms with E-state index in [1.165, 1.54) is 0 Å². The Morgan fingerprint density at radius 2 is 1.94 bits per heavy atom. The lowest BCUT2D eigenvalue weighted by Gasteiger charge is -2.15. The van der Waals surface area contributed by atoms with Gasteiger partial charge in [0.25, 0.3) is 0 Å². The number of nitrogens with two attached hydrogens (primary N) is 1. The van der Waals surface area contributed by atoms with Crippen molar-refractivity contribution in [3.63, 3.8) is 0 Å². The Balaban J connectivity index is 2.58. The maximum atomic E-state index is 5.84. The summed E-state index contributed by atoms with van der Waals surface area (Å²) >= 11 is 0. The third-order valence-corrected chi connectivity index (χ3v) is 2.86. The van der Waals surface area contributed by atoms with Crippen molar-refractivity contribution in [2.45, 2.75) is 33.2 Å². The van der Waals surface area contributed by atoms with E-state index in [1.807, 2.05) is 30.3 Å². The summed E-state index contributed by atoms with van der Waals surface area (Å²) in [6.45, 7) is 6.44. The van der Waals surface area contributed by atoms with Crippen LogP contribution in [0.3, 0.4) is 0 Å². The molecule has 0 aliphatic carbocycles. The van der Waals surface area contributed by atoms with Crippen LogP contribution in [0.4, 0.5) is 5.69 Å². The van der Waals surface area contributed by atoms with Gasteiger partial charge >= 0.3 is 0 Å². The van der Waals surface area contributed by atoms with Crippen LogP contribution in [0, 0.1) is 5.92 Å². The van der Waals surface area contributed by atoms with Crippen LogP contribution >= 0.6 is 0 Å². The molecule has 1 aromatic rings. The highest BCUT2D eigenvalue weighted by molar-refractivity contribution is 5.92. The maximum absolute atomic E-state index is 5.84. The van der Waals surface area contributed by atoms with Crippen molar-refractivity contribution in [2.24, 2.45) is 16.6 Å². The molecule has 0 amide bonds. The molecule has 0 aliphatic rings. The van der Waals surface area contributed by atoms with Crippen molar-refractivity contribution in [3.05, 3.63) is 30.3 Å². The summed E-state index contributed by atoms with van der Waals surface area (Å²) in [5, 5.41) is 3.08. The third kappa shape index (κ3) is 3.93. The van der Waals surface area contributed by atoms with Gasteiger partial charge in [-0.05, 0) is 25.0 Å². The SMILES string of the molecule is CCC(C)C(C)N=C(N)Nc1ccccc1. The molecule has 1 aromatic carbocycles. The monoisotopic (exact) mass is 219 g/mol. The minimum absolute atomic E-state index is 0.251. The molecule has 0 spiro atoms. The van der Waals surface area contributed by atoms with E-state index >= 15 is 0 Å². The van der Waals surface area contributed by atoms with Crippen LogP contribution < -0.4 is 11.1 Å². The first-order valence-electron chi connectivity index (χ1n) is 5.78. The molecule has 3 nitrogen and oxygen atoms in total. The lowest BCUT2D eigenvalue weighted by molar-refractivity contribution is 0.472. The van der Waals surface area contributed by atoms with Gasteiger partial charge < -0.3 is 11.1 Å². The van der Waals surface area contributed by atoms with Gasteiger partial charge in [0.2, 0.25) is 0 Å². The fourth-order valence-corrected chi connectivity index (χ4v) is 1.39. The van der Waals surface area contributed by atoms with E-state index in [2.05, 4.69) is 31.1 Å². The molecule has 0 saturated heterocycles. The summed E-state index contributed by atoms with van der Waals surface area (Å²) < 4.78 is 0. The molecule has 0 bridgehead atoms. The molecule has 88 valence electrons.